The van der Waals surface area contributed by atoms with Crippen LogP contribution in [0.3, 0.4) is 0 Å². The second kappa shape index (κ2) is 4.70. The minimum Gasteiger partial charge on any atom is -0.334 e. The zero-order valence-electron chi connectivity index (χ0n) is 11.4. The molecule has 0 radical (unpaired) electrons. The van der Waals surface area contributed by atoms with Crippen LogP contribution in [0.2, 0.25) is 0 Å². The Morgan fingerprint density at radius 1 is 1.00 bits per heavy atom. The summed E-state index contributed by atoms with van der Waals surface area (Å²) >= 11 is 0. The van der Waals surface area contributed by atoms with E-state index in [1.807, 2.05) is 47.4 Å². The van der Waals surface area contributed by atoms with E-state index in [-0.39, 0.29) is 11.9 Å². The number of hydrogen-bond donors (Lipinski definition) is 0. The number of carbonyl (C=O) groups is 1. The van der Waals surface area contributed by atoms with Crippen molar-refractivity contribution in [2.75, 3.05) is 13.1 Å². The molecule has 0 aliphatic carbocycles. The standard InChI is InChI=1S/C16H14N4O/c21-16(19-10-13(11-19)20-17-8-9-18-20)15-7-3-5-12-4-1-2-6-14(12)15/h1-9,13H,10-11H2. The van der Waals surface area contributed by atoms with Crippen molar-refractivity contribution in [1.82, 2.24) is 19.9 Å². The third-order valence-corrected chi connectivity index (χ3v) is 3.93. The number of fused-ring (bicyclic) bond motifs is 1. The summed E-state index contributed by atoms with van der Waals surface area (Å²) < 4.78 is 0. The quantitative estimate of drug-likeness (QED) is 0.721. The summed E-state index contributed by atoms with van der Waals surface area (Å²) in [6.45, 7) is 1.33. The average molecular weight is 278 g/mol. The predicted octanol–water partition coefficient (Wildman–Crippen LogP) is 2.13. The molecule has 0 atom stereocenters. The lowest BCUT2D eigenvalue weighted by atomic mass is 10.0. The monoisotopic (exact) mass is 278 g/mol. The van der Waals surface area contributed by atoms with Gasteiger partial charge in [0, 0.05) is 18.7 Å². The average Bonchev–Trinajstić information content (AvgIpc) is 2.99. The van der Waals surface area contributed by atoms with E-state index in [4.69, 9.17) is 0 Å². The SMILES string of the molecule is O=C(c1cccc2ccccc12)N1CC(n2nccn2)C1. The van der Waals surface area contributed by atoms with E-state index in [1.54, 1.807) is 17.2 Å². The van der Waals surface area contributed by atoms with Crippen molar-refractivity contribution in [3.05, 3.63) is 60.4 Å². The van der Waals surface area contributed by atoms with Crippen molar-refractivity contribution in [2.24, 2.45) is 0 Å². The minimum absolute atomic E-state index is 0.0789. The van der Waals surface area contributed by atoms with Crippen LogP contribution in [0.5, 0.6) is 0 Å². The van der Waals surface area contributed by atoms with E-state index in [0.29, 0.717) is 13.1 Å². The molecule has 5 heteroatoms. The van der Waals surface area contributed by atoms with Crippen LogP contribution in [-0.2, 0) is 0 Å². The maximum Gasteiger partial charge on any atom is 0.254 e. The van der Waals surface area contributed by atoms with Crippen LogP contribution in [-0.4, -0.2) is 38.9 Å². The first-order chi connectivity index (χ1) is 10.3. The number of hydrogen-bond acceptors (Lipinski definition) is 3. The number of benzene rings is 2. The first-order valence-corrected chi connectivity index (χ1v) is 6.96. The van der Waals surface area contributed by atoms with Gasteiger partial charge in [0.2, 0.25) is 0 Å². The zero-order valence-corrected chi connectivity index (χ0v) is 11.4. The van der Waals surface area contributed by atoms with E-state index in [9.17, 15) is 4.79 Å². The van der Waals surface area contributed by atoms with E-state index in [2.05, 4.69) is 10.2 Å². The summed E-state index contributed by atoms with van der Waals surface area (Å²) in [5, 5.41) is 10.3. The highest BCUT2D eigenvalue weighted by molar-refractivity contribution is 6.07. The van der Waals surface area contributed by atoms with Crippen molar-refractivity contribution in [3.8, 4) is 0 Å². The van der Waals surface area contributed by atoms with Crippen LogP contribution >= 0.6 is 0 Å². The number of carbonyl (C=O) groups excluding carboxylic acids is 1. The fraction of sp³-hybridized carbons (Fsp3) is 0.188. The van der Waals surface area contributed by atoms with Crippen LogP contribution < -0.4 is 0 Å². The summed E-state index contributed by atoms with van der Waals surface area (Å²) in [6, 6.07) is 14.0. The van der Waals surface area contributed by atoms with E-state index in [0.717, 1.165) is 16.3 Å². The predicted molar refractivity (Wildman–Crippen MR) is 78.9 cm³/mol. The first-order valence-electron chi connectivity index (χ1n) is 6.96. The van der Waals surface area contributed by atoms with Gasteiger partial charge in [0.15, 0.2) is 0 Å². The Morgan fingerprint density at radius 2 is 1.71 bits per heavy atom. The molecule has 0 saturated carbocycles. The molecule has 104 valence electrons. The van der Waals surface area contributed by atoms with Gasteiger partial charge in [0.05, 0.1) is 12.4 Å². The molecule has 2 aromatic carbocycles. The van der Waals surface area contributed by atoms with Crippen molar-refractivity contribution in [2.45, 2.75) is 6.04 Å². The maximum absolute atomic E-state index is 12.6. The molecule has 1 saturated heterocycles. The Hall–Kier alpha value is -2.69. The Morgan fingerprint density at radius 3 is 2.52 bits per heavy atom. The smallest absolute Gasteiger partial charge is 0.254 e. The lowest BCUT2D eigenvalue weighted by Gasteiger charge is -2.38. The van der Waals surface area contributed by atoms with Crippen LogP contribution in [0.1, 0.15) is 16.4 Å². The van der Waals surface area contributed by atoms with E-state index in [1.165, 1.54) is 0 Å². The van der Waals surface area contributed by atoms with Crippen LogP contribution in [0, 0.1) is 0 Å². The highest BCUT2D eigenvalue weighted by atomic mass is 16.2. The molecule has 1 fully saturated rings. The molecule has 5 nitrogen and oxygen atoms in total. The molecule has 3 aromatic rings. The van der Waals surface area contributed by atoms with Gasteiger partial charge in [-0.2, -0.15) is 15.0 Å². The maximum atomic E-state index is 12.6. The molecular formula is C16H14N4O. The van der Waals surface area contributed by atoms with Crippen molar-refractivity contribution in [1.29, 1.82) is 0 Å². The van der Waals surface area contributed by atoms with Gasteiger partial charge < -0.3 is 4.90 Å². The molecule has 1 aromatic heterocycles. The van der Waals surface area contributed by atoms with Gasteiger partial charge >= 0.3 is 0 Å². The Bertz CT molecular complexity index is 786. The van der Waals surface area contributed by atoms with Gasteiger partial charge in [-0.3, -0.25) is 4.79 Å². The number of rotatable bonds is 2. The topological polar surface area (TPSA) is 51.0 Å². The normalized spacial score (nSPS) is 15.1. The van der Waals surface area contributed by atoms with Crippen molar-refractivity contribution < 1.29 is 4.79 Å². The molecule has 1 amide bonds. The highest BCUT2D eigenvalue weighted by Crippen LogP contribution is 2.25. The Labute approximate surface area is 121 Å². The third-order valence-electron chi connectivity index (χ3n) is 3.93. The lowest BCUT2D eigenvalue weighted by molar-refractivity contribution is 0.0478. The molecule has 1 aliphatic rings. The Kier molecular flexibility index (Phi) is 2.70. The number of amides is 1. The van der Waals surface area contributed by atoms with E-state index >= 15 is 0 Å². The molecule has 0 spiro atoms. The van der Waals surface area contributed by atoms with Gasteiger partial charge in [0.25, 0.3) is 5.91 Å². The summed E-state index contributed by atoms with van der Waals surface area (Å²) in [5.74, 6) is 0.0789. The zero-order chi connectivity index (χ0) is 14.2. The van der Waals surface area contributed by atoms with Crippen molar-refractivity contribution in [3.63, 3.8) is 0 Å². The second-order valence-corrected chi connectivity index (χ2v) is 5.24. The minimum atomic E-state index is 0.0789. The molecule has 1 aliphatic heterocycles. The lowest BCUT2D eigenvalue weighted by Crippen LogP contribution is -2.51. The van der Waals surface area contributed by atoms with Crippen LogP contribution in [0.4, 0.5) is 0 Å². The van der Waals surface area contributed by atoms with Crippen molar-refractivity contribution >= 4 is 16.7 Å². The summed E-state index contributed by atoms with van der Waals surface area (Å²) in [5.41, 5.74) is 0.764. The van der Waals surface area contributed by atoms with Gasteiger partial charge in [-0.25, -0.2) is 0 Å². The molecule has 4 rings (SSSR count). The van der Waals surface area contributed by atoms with Gasteiger partial charge in [-0.1, -0.05) is 36.4 Å². The molecule has 0 unspecified atom stereocenters. The van der Waals surface area contributed by atoms with Gasteiger partial charge in [-0.15, -0.1) is 0 Å². The van der Waals surface area contributed by atoms with Gasteiger partial charge in [-0.05, 0) is 16.8 Å². The Balaban J connectivity index is 1.58. The first kappa shape index (κ1) is 12.1. The second-order valence-electron chi connectivity index (χ2n) is 5.24. The van der Waals surface area contributed by atoms with Crippen LogP contribution in [0.15, 0.2) is 54.9 Å². The largest absolute Gasteiger partial charge is 0.334 e. The van der Waals surface area contributed by atoms with Gasteiger partial charge in [0.1, 0.15) is 6.04 Å². The number of nitrogens with zero attached hydrogens (tertiary/aromatic N) is 4. The fourth-order valence-corrected chi connectivity index (χ4v) is 2.76. The molecular weight excluding hydrogens is 264 g/mol. The number of likely N-dealkylation sites (tertiary alicyclic amines) is 1. The molecule has 21 heavy (non-hydrogen) atoms. The molecule has 0 N–H and O–H groups in total. The number of aromatic nitrogens is 3. The highest BCUT2D eigenvalue weighted by Gasteiger charge is 2.33. The molecule has 0 bridgehead atoms. The summed E-state index contributed by atoms with van der Waals surface area (Å²) in [7, 11) is 0. The molecule has 2 heterocycles. The summed E-state index contributed by atoms with van der Waals surface area (Å²) in [6.07, 6.45) is 3.32. The van der Waals surface area contributed by atoms with E-state index < -0.39 is 0 Å². The fourth-order valence-electron chi connectivity index (χ4n) is 2.76. The summed E-state index contributed by atoms with van der Waals surface area (Å²) in [4.78, 5) is 16.1. The third kappa shape index (κ3) is 1.98. The van der Waals surface area contributed by atoms with Crippen LogP contribution in [0.25, 0.3) is 10.8 Å².